The van der Waals surface area contributed by atoms with Crippen LogP contribution in [0.2, 0.25) is 0 Å². The van der Waals surface area contributed by atoms with Gasteiger partial charge in [0.2, 0.25) is 21.8 Å². The van der Waals surface area contributed by atoms with Gasteiger partial charge < -0.3 is 36.4 Å². The van der Waals surface area contributed by atoms with Crippen LogP contribution in [-0.2, 0) is 24.4 Å². The fraction of sp³-hybridized carbons (Fsp3) is 0.550. The summed E-state index contributed by atoms with van der Waals surface area (Å²) in [6.45, 7) is 0.977. The number of nitrogens with two attached hydrogens (primary N) is 1. The number of hydrogen-bond donors (Lipinski definition) is 6. The second-order valence-corrected chi connectivity index (χ2v) is 17.4. The van der Waals surface area contributed by atoms with Gasteiger partial charge in [-0.15, -0.1) is 0 Å². The number of benzene rings is 1. The average Bonchev–Trinajstić information content (AvgIpc) is 4.12. The van der Waals surface area contributed by atoms with E-state index in [0.717, 1.165) is 37.7 Å². The van der Waals surface area contributed by atoms with Gasteiger partial charge in [0.1, 0.15) is 29.1 Å². The molecule has 3 heterocycles. The Labute approximate surface area is 332 Å². The number of carbonyl (C=O) groups is 5. The molecule has 7 N–H and O–H groups in total. The van der Waals surface area contributed by atoms with Crippen molar-refractivity contribution in [2.45, 2.75) is 112 Å². The molecule has 57 heavy (non-hydrogen) atoms. The molecule has 1 saturated heterocycles. The lowest BCUT2D eigenvalue weighted by molar-refractivity contribution is -0.141. The maximum Gasteiger partial charge on any atom is 0.354 e. The first-order valence-electron chi connectivity index (χ1n) is 19.9. The van der Waals surface area contributed by atoms with Crippen molar-refractivity contribution in [3.05, 3.63) is 60.3 Å². The minimum absolute atomic E-state index is 0.0302. The van der Waals surface area contributed by atoms with Crippen LogP contribution in [0.4, 0.5) is 4.79 Å². The summed E-state index contributed by atoms with van der Waals surface area (Å²) in [4.78, 5) is 71.2. The lowest BCUT2D eigenvalue weighted by Gasteiger charge is -2.30. The minimum Gasteiger partial charge on any atom is -0.494 e. The van der Waals surface area contributed by atoms with Crippen molar-refractivity contribution in [2.75, 3.05) is 19.7 Å². The summed E-state index contributed by atoms with van der Waals surface area (Å²) in [6.07, 6.45) is 11.7. The molecule has 2 aromatic rings. The molecular weight excluding hydrogens is 755 g/mol. The molecule has 4 aliphatic rings. The Morgan fingerprint density at radius 1 is 1.02 bits per heavy atom. The topological polar surface area (TPSA) is 239 Å². The molecule has 16 nitrogen and oxygen atoms in total. The molecule has 2 saturated carbocycles. The van der Waals surface area contributed by atoms with Gasteiger partial charge in [-0.05, 0) is 82.1 Å². The summed E-state index contributed by atoms with van der Waals surface area (Å²) in [7, 11) is -3.84. The molecule has 2 aliphatic carbocycles. The highest BCUT2D eigenvalue weighted by molar-refractivity contribution is 7.91. The van der Waals surface area contributed by atoms with E-state index in [1.54, 1.807) is 12.1 Å². The van der Waals surface area contributed by atoms with E-state index in [1.807, 2.05) is 36.4 Å². The van der Waals surface area contributed by atoms with Crippen LogP contribution in [0.5, 0.6) is 5.75 Å². The predicted octanol–water partition coefficient (Wildman–Crippen LogP) is 2.99. The summed E-state index contributed by atoms with van der Waals surface area (Å²) in [5.74, 6) is -2.60. The number of pyridine rings is 1. The number of sulfonamides is 1. The number of aromatic nitrogens is 1. The van der Waals surface area contributed by atoms with Crippen LogP contribution in [0, 0.1) is 5.92 Å². The second kappa shape index (κ2) is 18.5. The third-order valence-electron chi connectivity index (χ3n) is 10.9. The Bertz CT molecular complexity index is 1960. The SMILES string of the molecule is N[C@@H]1C[C@H]2C(=O)N[C@]3(C(=O)NS(=O)(=O)C4CC4)C[C@H]3C=CCCCCC[C@H](NC(=O)NCCCCCCOc3cccc(-c4cccc(C(=O)O)n4)c3)C(=O)N2C1. The number of ether oxygens (including phenoxy) is 1. The van der Waals surface area contributed by atoms with Gasteiger partial charge in [0, 0.05) is 30.6 Å². The number of unbranched alkanes of at least 4 members (excludes halogenated alkanes) is 3. The number of aromatic carboxylic acids is 1. The Balaban J connectivity index is 0.969. The first-order valence-corrected chi connectivity index (χ1v) is 21.5. The van der Waals surface area contributed by atoms with Gasteiger partial charge in [0.15, 0.2) is 0 Å². The minimum atomic E-state index is -3.84. The van der Waals surface area contributed by atoms with E-state index >= 15 is 0 Å². The lowest BCUT2D eigenvalue weighted by Crippen LogP contribution is -2.58. The maximum atomic E-state index is 14.0. The first kappa shape index (κ1) is 41.6. The van der Waals surface area contributed by atoms with Gasteiger partial charge in [-0.2, -0.15) is 0 Å². The standard InChI is InChI=1S/C40H53N7O9S/c41-28-23-34-35(48)45-40(38(52)46-57(54,55)30-18-19-30)24-27(40)13-6-2-1-3-7-15-32(36(49)47(34)25-28)44-39(53)42-20-8-4-5-9-21-56-29-14-10-12-26(22-29)31-16-11-17-33(43-31)37(50)51/h6,10-14,16-17,22,27-28,30,32,34H,1-5,7-9,15,18-21,23-25,41H2,(H,45,48)(H,46,52)(H,50,51)(H2,42,44,53)/t27-,28-,32+,34+,40-/m1/s1. The van der Waals surface area contributed by atoms with Crippen molar-refractivity contribution in [1.29, 1.82) is 0 Å². The van der Waals surface area contributed by atoms with E-state index in [2.05, 4.69) is 25.7 Å². The quantitative estimate of drug-likeness (QED) is 0.120. The van der Waals surface area contributed by atoms with E-state index < -0.39 is 68.7 Å². The second-order valence-electron chi connectivity index (χ2n) is 15.5. The van der Waals surface area contributed by atoms with E-state index in [-0.39, 0.29) is 31.0 Å². The Morgan fingerprint density at radius 3 is 2.60 bits per heavy atom. The number of urea groups is 1. The number of nitrogens with one attached hydrogen (secondary N) is 4. The van der Waals surface area contributed by atoms with Crippen molar-refractivity contribution in [3.8, 4) is 17.0 Å². The highest BCUT2D eigenvalue weighted by Gasteiger charge is 2.62. The van der Waals surface area contributed by atoms with Gasteiger partial charge in [0.25, 0.3) is 5.91 Å². The van der Waals surface area contributed by atoms with Crippen molar-refractivity contribution in [2.24, 2.45) is 11.7 Å². The van der Waals surface area contributed by atoms with Crippen LogP contribution in [0.15, 0.2) is 54.6 Å². The molecule has 1 aromatic carbocycles. The first-order chi connectivity index (χ1) is 27.4. The zero-order valence-corrected chi connectivity index (χ0v) is 32.8. The molecule has 0 radical (unpaired) electrons. The molecule has 308 valence electrons. The third kappa shape index (κ3) is 10.9. The van der Waals surface area contributed by atoms with Gasteiger partial charge >= 0.3 is 12.0 Å². The number of rotatable bonds is 14. The Morgan fingerprint density at radius 2 is 1.81 bits per heavy atom. The van der Waals surface area contributed by atoms with Crippen LogP contribution in [0.1, 0.15) is 94.0 Å². The van der Waals surface area contributed by atoms with Crippen LogP contribution in [0.25, 0.3) is 11.3 Å². The van der Waals surface area contributed by atoms with Crippen molar-refractivity contribution in [1.82, 2.24) is 30.6 Å². The number of carboxylic acids is 1. The number of carbonyl (C=O) groups excluding carboxylic acids is 4. The van der Waals surface area contributed by atoms with Crippen LogP contribution in [-0.4, -0.2) is 102 Å². The zero-order valence-electron chi connectivity index (χ0n) is 32.0. The van der Waals surface area contributed by atoms with E-state index in [9.17, 15) is 37.5 Å². The van der Waals surface area contributed by atoms with E-state index in [1.165, 1.54) is 11.0 Å². The molecule has 5 amide bonds. The van der Waals surface area contributed by atoms with Crippen LogP contribution in [0.3, 0.4) is 0 Å². The normalized spacial score (nSPS) is 25.2. The fourth-order valence-electron chi connectivity index (χ4n) is 7.47. The summed E-state index contributed by atoms with van der Waals surface area (Å²) in [5.41, 5.74) is 6.09. The number of fused-ring (bicyclic) bond motifs is 2. The molecule has 0 unspecified atom stereocenters. The van der Waals surface area contributed by atoms with E-state index in [4.69, 9.17) is 10.5 Å². The van der Waals surface area contributed by atoms with Gasteiger partial charge in [0.05, 0.1) is 17.6 Å². The highest BCUT2D eigenvalue weighted by atomic mass is 32.2. The highest BCUT2D eigenvalue weighted by Crippen LogP contribution is 2.46. The summed E-state index contributed by atoms with van der Waals surface area (Å²) >= 11 is 0. The molecule has 0 spiro atoms. The van der Waals surface area contributed by atoms with Crippen molar-refractivity contribution < 1.29 is 42.2 Å². The van der Waals surface area contributed by atoms with Gasteiger partial charge in [-0.25, -0.2) is 23.0 Å². The largest absolute Gasteiger partial charge is 0.494 e. The molecule has 3 fully saturated rings. The summed E-state index contributed by atoms with van der Waals surface area (Å²) in [6, 6.07) is 9.30. The molecule has 5 atom stereocenters. The smallest absolute Gasteiger partial charge is 0.354 e. The Hall–Kier alpha value is -5.03. The van der Waals surface area contributed by atoms with Crippen LogP contribution >= 0.6 is 0 Å². The zero-order chi connectivity index (χ0) is 40.6. The molecule has 0 bridgehead atoms. The third-order valence-corrected chi connectivity index (χ3v) is 12.8. The summed E-state index contributed by atoms with van der Waals surface area (Å²) < 4.78 is 33.4. The van der Waals surface area contributed by atoms with Gasteiger partial charge in [-0.3, -0.25) is 19.1 Å². The van der Waals surface area contributed by atoms with Crippen molar-refractivity contribution in [3.63, 3.8) is 0 Å². The number of carboxylic acid groups (broad SMARTS) is 1. The molecule has 6 rings (SSSR count). The average molecular weight is 808 g/mol. The molecule has 1 aromatic heterocycles. The predicted molar refractivity (Wildman–Crippen MR) is 210 cm³/mol. The number of allylic oxidation sites excluding steroid dienone is 1. The van der Waals surface area contributed by atoms with Gasteiger partial charge in [-0.1, -0.05) is 56.0 Å². The maximum absolute atomic E-state index is 14.0. The lowest BCUT2D eigenvalue weighted by atomic mass is 10.0. The fourth-order valence-corrected chi connectivity index (χ4v) is 8.84. The Kier molecular flexibility index (Phi) is 13.5. The number of nitrogens with zero attached hydrogens (tertiary/aromatic N) is 2. The molecule has 17 heteroatoms. The number of amides is 5. The van der Waals surface area contributed by atoms with Crippen LogP contribution < -0.4 is 31.1 Å². The molecular formula is C40H53N7O9S. The number of hydrogen-bond acceptors (Lipinski definition) is 10. The monoisotopic (exact) mass is 807 g/mol. The van der Waals surface area contributed by atoms with E-state index in [0.29, 0.717) is 63.1 Å². The summed E-state index contributed by atoms with van der Waals surface area (Å²) in [5, 5.41) is 17.1. The van der Waals surface area contributed by atoms with Crippen molar-refractivity contribution >= 4 is 39.7 Å². The molecule has 2 aliphatic heterocycles.